The van der Waals surface area contributed by atoms with Crippen LogP contribution >= 0.6 is 15.9 Å². The summed E-state index contributed by atoms with van der Waals surface area (Å²) in [6.07, 6.45) is 3.66. The molecule has 0 saturated heterocycles. The lowest BCUT2D eigenvalue weighted by Crippen LogP contribution is -2.31. The van der Waals surface area contributed by atoms with E-state index in [1.807, 2.05) is 24.9 Å². The average molecular weight is 341 g/mol. The molecule has 6 heteroatoms. The molecule has 0 aliphatic heterocycles. The predicted molar refractivity (Wildman–Crippen MR) is 80.6 cm³/mol. The highest BCUT2D eigenvalue weighted by Gasteiger charge is 2.20. The molecule has 1 aromatic carbocycles. The van der Waals surface area contributed by atoms with Crippen molar-refractivity contribution < 1.29 is 4.39 Å². The largest absolute Gasteiger partial charge is 0.337 e. The minimum Gasteiger partial charge on any atom is -0.337 e. The summed E-state index contributed by atoms with van der Waals surface area (Å²) >= 11 is 3.46. The molecular formula is C14H18BrFN4. The molecule has 0 aliphatic carbocycles. The number of nitrogens with two attached hydrogens (primary N) is 1. The summed E-state index contributed by atoms with van der Waals surface area (Å²) in [4.78, 5) is 6.37. The minimum atomic E-state index is -0.257. The van der Waals surface area contributed by atoms with Crippen molar-refractivity contribution in [2.45, 2.75) is 12.6 Å². The Morgan fingerprint density at radius 3 is 2.85 bits per heavy atom. The van der Waals surface area contributed by atoms with Crippen LogP contribution in [-0.2, 0) is 13.6 Å². The molecule has 0 bridgehead atoms. The molecule has 1 aromatic heterocycles. The van der Waals surface area contributed by atoms with Crippen LogP contribution in [0, 0.1) is 5.82 Å². The van der Waals surface area contributed by atoms with Gasteiger partial charge in [0, 0.05) is 36.5 Å². The molecule has 1 unspecified atom stereocenters. The lowest BCUT2D eigenvalue weighted by atomic mass is 10.1. The van der Waals surface area contributed by atoms with Crippen LogP contribution in [0.1, 0.15) is 17.4 Å². The van der Waals surface area contributed by atoms with Crippen LogP contribution in [0.3, 0.4) is 0 Å². The number of imidazole rings is 1. The summed E-state index contributed by atoms with van der Waals surface area (Å²) in [5, 5.41) is 0. The molecule has 2 rings (SSSR count). The van der Waals surface area contributed by atoms with E-state index in [0.717, 1.165) is 15.9 Å². The number of aromatic nitrogens is 2. The van der Waals surface area contributed by atoms with E-state index in [1.165, 1.54) is 12.1 Å². The molecule has 108 valence electrons. The van der Waals surface area contributed by atoms with E-state index in [0.29, 0.717) is 13.1 Å². The zero-order valence-electron chi connectivity index (χ0n) is 11.6. The van der Waals surface area contributed by atoms with Gasteiger partial charge in [0.1, 0.15) is 11.6 Å². The van der Waals surface area contributed by atoms with Crippen molar-refractivity contribution in [2.75, 3.05) is 13.6 Å². The van der Waals surface area contributed by atoms with E-state index in [1.54, 1.807) is 12.3 Å². The van der Waals surface area contributed by atoms with E-state index in [-0.39, 0.29) is 11.9 Å². The van der Waals surface area contributed by atoms with Crippen molar-refractivity contribution in [3.8, 4) is 0 Å². The van der Waals surface area contributed by atoms with Crippen LogP contribution in [0.15, 0.2) is 35.1 Å². The molecule has 20 heavy (non-hydrogen) atoms. The van der Waals surface area contributed by atoms with Crippen molar-refractivity contribution in [1.82, 2.24) is 14.5 Å². The molecule has 1 heterocycles. The van der Waals surface area contributed by atoms with Gasteiger partial charge in [-0.15, -0.1) is 0 Å². The second kappa shape index (κ2) is 6.47. The van der Waals surface area contributed by atoms with Crippen LogP contribution in [0.2, 0.25) is 0 Å². The molecule has 0 amide bonds. The number of likely N-dealkylation sites (N-methyl/N-ethyl adjacent to an activating group) is 1. The third-order valence-electron chi connectivity index (χ3n) is 3.38. The zero-order valence-corrected chi connectivity index (χ0v) is 13.1. The van der Waals surface area contributed by atoms with Crippen molar-refractivity contribution in [3.63, 3.8) is 0 Å². The third kappa shape index (κ3) is 3.26. The van der Waals surface area contributed by atoms with Gasteiger partial charge < -0.3 is 10.3 Å². The van der Waals surface area contributed by atoms with E-state index in [2.05, 4.69) is 25.8 Å². The maximum Gasteiger partial charge on any atom is 0.123 e. The fourth-order valence-corrected chi connectivity index (χ4v) is 2.71. The van der Waals surface area contributed by atoms with E-state index in [9.17, 15) is 4.39 Å². The molecule has 2 N–H and O–H groups in total. The zero-order chi connectivity index (χ0) is 14.7. The fraction of sp³-hybridized carbons (Fsp3) is 0.357. The summed E-state index contributed by atoms with van der Waals surface area (Å²) in [7, 11) is 3.91. The van der Waals surface area contributed by atoms with Crippen LogP contribution in [0.25, 0.3) is 0 Å². The quantitative estimate of drug-likeness (QED) is 0.909. The molecule has 0 aliphatic rings. The highest BCUT2D eigenvalue weighted by molar-refractivity contribution is 9.10. The van der Waals surface area contributed by atoms with Gasteiger partial charge >= 0.3 is 0 Å². The molecular weight excluding hydrogens is 323 g/mol. The lowest BCUT2D eigenvalue weighted by Gasteiger charge is -2.27. The molecule has 2 aromatic rings. The van der Waals surface area contributed by atoms with Crippen molar-refractivity contribution in [2.24, 2.45) is 12.8 Å². The first-order chi connectivity index (χ1) is 9.52. The summed E-state index contributed by atoms with van der Waals surface area (Å²) in [5.74, 6) is 0.686. The molecule has 0 spiro atoms. The van der Waals surface area contributed by atoms with Crippen LogP contribution < -0.4 is 5.73 Å². The summed E-state index contributed by atoms with van der Waals surface area (Å²) in [5.41, 5.74) is 6.73. The second-order valence-corrected chi connectivity index (χ2v) is 5.64. The number of rotatable bonds is 5. The number of nitrogens with zero attached hydrogens (tertiary/aromatic N) is 3. The number of hydrogen-bond donors (Lipinski definition) is 1. The van der Waals surface area contributed by atoms with E-state index >= 15 is 0 Å². The Bertz CT molecular complexity index is 584. The van der Waals surface area contributed by atoms with Gasteiger partial charge in [-0.1, -0.05) is 15.9 Å². The molecule has 0 saturated carbocycles. The second-order valence-electron chi connectivity index (χ2n) is 4.79. The van der Waals surface area contributed by atoms with Gasteiger partial charge in [-0.3, -0.25) is 4.90 Å². The van der Waals surface area contributed by atoms with E-state index < -0.39 is 0 Å². The molecule has 4 nitrogen and oxygen atoms in total. The van der Waals surface area contributed by atoms with E-state index in [4.69, 9.17) is 5.73 Å². The SMILES string of the molecule is CN(Cc1nccn1C)C(CN)c1cc(F)ccc1Br. The van der Waals surface area contributed by atoms with Gasteiger partial charge in [0.2, 0.25) is 0 Å². The Morgan fingerprint density at radius 1 is 1.50 bits per heavy atom. The van der Waals surface area contributed by atoms with Gasteiger partial charge in [-0.2, -0.15) is 0 Å². The van der Waals surface area contributed by atoms with Gasteiger partial charge in [0.05, 0.1) is 6.54 Å². The highest BCUT2D eigenvalue weighted by Crippen LogP contribution is 2.28. The Labute approximate surface area is 126 Å². The average Bonchev–Trinajstić information content (AvgIpc) is 2.80. The molecule has 0 radical (unpaired) electrons. The summed E-state index contributed by atoms with van der Waals surface area (Å²) in [6.45, 7) is 1.05. The van der Waals surface area contributed by atoms with Crippen molar-refractivity contribution >= 4 is 15.9 Å². The molecule has 0 fully saturated rings. The van der Waals surface area contributed by atoms with Crippen molar-refractivity contribution in [3.05, 3.63) is 52.3 Å². The maximum atomic E-state index is 13.5. The Kier molecular flexibility index (Phi) is 4.91. The Morgan fingerprint density at radius 2 is 2.25 bits per heavy atom. The fourth-order valence-electron chi connectivity index (χ4n) is 2.20. The number of benzene rings is 1. The smallest absolute Gasteiger partial charge is 0.123 e. The Balaban J connectivity index is 2.23. The standard InChI is InChI=1S/C14H18BrFN4/c1-19-6-5-18-14(19)9-20(2)13(8-17)11-7-10(16)3-4-12(11)15/h3-7,13H,8-9,17H2,1-2H3. The van der Waals surface area contributed by atoms with Crippen LogP contribution in [0.4, 0.5) is 4.39 Å². The highest BCUT2D eigenvalue weighted by atomic mass is 79.9. The number of aryl methyl sites for hydroxylation is 1. The minimum absolute atomic E-state index is 0.0724. The van der Waals surface area contributed by atoms with Gasteiger partial charge in [-0.05, 0) is 30.8 Å². The lowest BCUT2D eigenvalue weighted by molar-refractivity contribution is 0.232. The summed E-state index contributed by atoms with van der Waals surface area (Å²) in [6, 6.07) is 4.59. The first-order valence-electron chi connectivity index (χ1n) is 6.34. The normalized spacial score (nSPS) is 12.9. The number of halogens is 2. The van der Waals surface area contributed by atoms with Gasteiger partial charge in [-0.25, -0.2) is 9.37 Å². The predicted octanol–water partition coefficient (Wildman–Crippen LogP) is 2.45. The third-order valence-corrected chi connectivity index (χ3v) is 4.11. The Hall–Kier alpha value is -1.24. The van der Waals surface area contributed by atoms with Gasteiger partial charge in [0.25, 0.3) is 0 Å². The van der Waals surface area contributed by atoms with Gasteiger partial charge in [0.15, 0.2) is 0 Å². The molecule has 1 atom stereocenters. The van der Waals surface area contributed by atoms with Crippen LogP contribution in [-0.4, -0.2) is 28.0 Å². The first kappa shape index (κ1) is 15.2. The first-order valence-corrected chi connectivity index (χ1v) is 7.13. The van der Waals surface area contributed by atoms with Crippen molar-refractivity contribution in [1.29, 1.82) is 0 Å². The topological polar surface area (TPSA) is 47.1 Å². The maximum absolute atomic E-state index is 13.5. The monoisotopic (exact) mass is 340 g/mol. The van der Waals surface area contributed by atoms with Crippen LogP contribution in [0.5, 0.6) is 0 Å². The number of hydrogen-bond acceptors (Lipinski definition) is 3. The summed E-state index contributed by atoms with van der Waals surface area (Å²) < 4.78 is 16.3.